The monoisotopic (exact) mass is 397 g/mol. The van der Waals surface area contributed by atoms with Crippen LogP contribution in [0.5, 0.6) is 0 Å². The van der Waals surface area contributed by atoms with Crippen molar-refractivity contribution in [1.82, 2.24) is 0 Å². The van der Waals surface area contributed by atoms with Gasteiger partial charge in [-0.15, -0.1) is 0 Å². The molecule has 0 spiro atoms. The molecule has 1 aromatic carbocycles. The van der Waals surface area contributed by atoms with Crippen molar-refractivity contribution in [2.24, 2.45) is 5.16 Å². The Balaban J connectivity index is 2.09. The third-order valence-electron chi connectivity index (χ3n) is 4.23. The minimum absolute atomic E-state index is 0.187. The highest BCUT2D eigenvalue weighted by atomic mass is 127. The zero-order chi connectivity index (χ0) is 14.8. The van der Waals surface area contributed by atoms with Crippen molar-refractivity contribution < 1.29 is 9.57 Å². The number of nitrogens with zero attached hydrogens (tertiary/aromatic N) is 1. The second-order valence-electron chi connectivity index (χ2n) is 5.50. The van der Waals surface area contributed by atoms with Crippen LogP contribution >= 0.6 is 22.6 Å². The van der Waals surface area contributed by atoms with Crippen molar-refractivity contribution in [1.29, 1.82) is 0 Å². The van der Waals surface area contributed by atoms with Crippen LogP contribution in [0.2, 0.25) is 0 Å². The Morgan fingerprint density at radius 3 is 2.76 bits per heavy atom. The number of oxime groups is 1. The van der Waals surface area contributed by atoms with Crippen LogP contribution in [-0.4, -0.2) is 25.0 Å². The van der Waals surface area contributed by atoms with Crippen molar-refractivity contribution in [2.45, 2.75) is 44.8 Å². The second-order valence-corrected chi connectivity index (χ2v) is 6.75. The van der Waals surface area contributed by atoms with Gasteiger partial charge in [-0.25, -0.2) is 0 Å². The molecule has 3 nitrogen and oxygen atoms in total. The van der Waals surface area contributed by atoms with Crippen molar-refractivity contribution in [3.8, 4) is 0 Å². The summed E-state index contributed by atoms with van der Waals surface area (Å²) in [6, 6.07) is 8.75. The number of ether oxygens (including phenoxy) is 1. The van der Waals surface area contributed by atoms with E-state index in [1.165, 1.54) is 20.3 Å². The van der Waals surface area contributed by atoms with Crippen molar-refractivity contribution in [3.63, 3.8) is 0 Å². The summed E-state index contributed by atoms with van der Waals surface area (Å²) in [4.78, 5) is 5.05. The molecule has 0 aliphatic carbocycles. The molecule has 2 atom stereocenters. The van der Waals surface area contributed by atoms with Gasteiger partial charge in [0.15, 0.2) is 0 Å². The highest BCUT2D eigenvalue weighted by molar-refractivity contribution is 14.1. The summed E-state index contributed by atoms with van der Waals surface area (Å²) < 4.78 is 7.38. The lowest BCUT2D eigenvalue weighted by Gasteiger charge is -2.28. The number of hydrogen-bond acceptors (Lipinski definition) is 3. The van der Waals surface area contributed by atoms with Gasteiger partial charge < -0.3 is 9.57 Å². The molecule has 1 aromatic rings. The van der Waals surface area contributed by atoms with Crippen LogP contribution in [0.4, 0.5) is 0 Å². The van der Waals surface area contributed by atoms with Crippen LogP contribution in [0, 0.1) is 3.57 Å². The van der Waals surface area contributed by atoms with E-state index in [9.17, 15) is 0 Å². The molecule has 21 heavy (non-hydrogen) atoms. The first-order valence-electron chi connectivity index (χ1n) is 7.47. The Morgan fingerprint density at radius 1 is 1.33 bits per heavy atom. The van der Waals surface area contributed by atoms with E-state index in [1.807, 2.05) is 0 Å². The molecule has 1 unspecified atom stereocenters. The van der Waals surface area contributed by atoms with Gasteiger partial charge in [0.1, 0.15) is 7.11 Å². The van der Waals surface area contributed by atoms with Crippen LogP contribution in [0.15, 0.2) is 35.0 Å². The van der Waals surface area contributed by atoms with Crippen LogP contribution in [-0.2, 0) is 9.57 Å². The minimum atomic E-state index is 0.187. The summed E-state index contributed by atoms with van der Waals surface area (Å²) in [7, 11) is 1.61. The highest BCUT2D eigenvalue weighted by Crippen LogP contribution is 2.41. The molecule has 2 aliphatic heterocycles. The number of benzene rings is 1. The van der Waals surface area contributed by atoms with Gasteiger partial charge >= 0.3 is 0 Å². The van der Waals surface area contributed by atoms with Gasteiger partial charge in [-0.3, -0.25) is 0 Å². The van der Waals surface area contributed by atoms with Crippen LogP contribution in [0.3, 0.4) is 0 Å². The molecule has 3 rings (SSSR count). The Labute approximate surface area is 139 Å². The molecule has 0 N–H and O–H groups in total. The van der Waals surface area contributed by atoms with Gasteiger partial charge in [-0.05, 0) is 71.5 Å². The molecule has 0 radical (unpaired) electrons. The standard InChI is InChI=1S/C17H20INO2/c1-3-15(19-20-2)17-14(10-13-8-9-16(17)21-13)11-4-6-12(18)7-5-11/h4-7,13,16H,3,8-10H2,1-2H3/t13?,16-/m0/s1. The largest absolute Gasteiger partial charge is 0.399 e. The fourth-order valence-electron chi connectivity index (χ4n) is 3.30. The summed E-state index contributed by atoms with van der Waals surface area (Å²) in [5.41, 5.74) is 4.97. The smallest absolute Gasteiger partial charge is 0.106 e. The summed E-state index contributed by atoms with van der Waals surface area (Å²) in [5.74, 6) is 0. The lowest BCUT2D eigenvalue weighted by molar-refractivity contribution is 0.0628. The molecule has 0 aromatic heterocycles. The lowest BCUT2D eigenvalue weighted by atomic mass is 9.89. The van der Waals surface area contributed by atoms with E-state index >= 15 is 0 Å². The molecule has 2 bridgehead atoms. The van der Waals surface area contributed by atoms with Gasteiger partial charge in [-0.1, -0.05) is 24.2 Å². The first-order chi connectivity index (χ1) is 10.2. The third-order valence-corrected chi connectivity index (χ3v) is 4.95. The molecular formula is C17H20INO2. The predicted octanol–water partition coefficient (Wildman–Crippen LogP) is 4.41. The number of halogens is 1. The maximum atomic E-state index is 6.12. The summed E-state index contributed by atoms with van der Waals surface area (Å²) in [6.07, 6.45) is 4.64. The molecule has 1 fully saturated rings. The van der Waals surface area contributed by atoms with Crippen molar-refractivity contribution in [2.75, 3.05) is 7.11 Å². The summed E-state index contributed by atoms with van der Waals surface area (Å²) >= 11 is 2.34. The zero-order valence-corrected chi connectivity index (χ0v) is 14.6. The van der Waals surface area contributed by atoms with E-state index in [0.29, 0.717) is 6.10 Å². The van der Waals surface area contributed by atoms with E-state index in [-0.39, 0.29) is 6.10 Å². The average molecular weight is 397 g/mol. The average Bonchev–Trinajstić information content (AvgIpc) is 2.88. The number of fused-ring (bicyclic) bond motifs is 2. The molecule has 0 amide bonds. The first-order valence-corrected chi connectivity index (χ1v) is 8.55. The lowest BCUT2D eigenvalue weighted by Crippen LogP contribution is -2.26. The van der Waals surface area contributed by atoms with E-state index in [4.69, 9.17) is 9.57 Å². The Hall–Kier alpha value is -0.880. The Bertz CT molecular complexity index is 577. The third kappa shape index (κ3) is 3.01. The maximum Gasteiger partial charge on any atom is 0.106 e. The molecule has 1 saturated heterocycles. The molecule has 0 saturated carbocycles. The minimum Gasteiger partial charge on any atom is -0.399 e. The molecule has 2 aliphatic rings. The van der Waals surface area contributed by atoms with Gasteiger partial charge in [0.25, 0.3) is 0 Å². The maximum absolute atomic E-state index is 6.12. The molecular weight excluding hydrogens is 377 g/mol. The normalized spacial score (nSPS) is 25.4. The molecule has 4 heteroatoms. The van der Waals surface area contributed by atoms with E-state index in [2.05, 4.69) is 58.9 Å². The van der Waals surface area contributed by atoms with Gasteiger partial charge in [0.05, 0.1) is 17.9 Å². The van der Waals surface area contributed by atoms with E-state index in [1.54, 1.807) is 7.11 Å². The van der Waals surface area contributed by atoms with Crippen LogP contribution in [0.1, 0.15) is 38.2 Å². The first kappa shape index (κ1) is 15.0. The van der Waals surface area contributed by atoms with Crippen LogP contribution in [0.25, 0.3) is 5.57 Å². The topological polar surface area (TPSA) is 30.8 Å². The zero-order valence-electron chi connectivity index (χ0n) is 12.4. The second kappa shape index (κ2) is 6.48. The summed E-state index contributed by atoms with van der Waals surface area (Å²) in [5, 5.41) is 4.25. The fourth-order valence-corrected chi connectivity index (χ4v) is 3.66. The highest BCUT2D eigenvalue weighted by Gasteiger charge is 2.37. The van der Waals surface area contributed by atoms with Gasteiger partial charge in [0, 0.05) is 9.14 Å². The number of hydrogen-bond donors (Lipinski definition) is 0. The van der Waals surface area contributed by atoms with E-state index < -0.39 is 0 Å². The summed E-state index contributed by atoms with van der Waals surface area (Å²) in [6.45, 7) is 2.12. The van der Waals surface area contributed by atoms with Gasteiger partial charge in [-0.2, -0.15) is 0 Å². The van der Waals surface area contributed by atoms with Gasteiger partial charge in [0.2, 0.25) is 0 Å². The van der Waals surface area contributed by atoms with Crippen molar-refractivity contribution >= 4 is 33.9 Å². The SMILES string of the molecule is CCC(=NOC)C1=C(c2ccc(I)cc2)CC2CC[C@@H]1O2. The fraction of sp³-hybridized carbons (Fsp3) is 0.471. The Kier molecular flexibility index (Phi) is 4.64. The Morgan fingerprint density at radius 2 is 2.10 bits per heavy atom. The van der Waals surface area contributed by atoms with Crippen molar-refractivity contribution in [3.05, 3.63) is 39.0 Å². The predicted molar refractivity (Wildman–Crippen MR) is 93.3 cm³/mol. The van der Waals surface area contributed by atoms with Crippen LogP contribution < -0.4 is 0 Å². The quantitative estimate of drug-likeness (QED) is 0.428. The molecule has 112 valence electrons. The van der Waals surface area contributed by atoms with E-state index in [0.717, 1.165) is 31.4 Å². The number of rotatable bonds is 4. The molecule has 2 heterocycles.